The predicted molar refractivity (Wildman–Crippen MR) is 166 cm³/mol. The third-order valence-corrected chi connectivity index (χ3v) is 7.66. The second-order valence-electron chi connectivity index (χ2n) is 9.98. The van der Waals surface area contributed by atoms with Crippen molar-refractivity contribution in [1.29, 1.82) is 0 Å². The molecule has 0 saturated carbocycles. The zero-order chi connectivity index (χ0) is 32.4. The van der Waals surface area contributed by atoms with Crippen molar-refractivity contribution < 1.29 is 31.9 Å². The highest BCUT2D eigenvalue weighted by Crippen LogP contribution is 2.36. The van der Waals surface area contributed by atoms with E-state index in [9.17, 15) is 22.8 Å². The van der Waals surface area contributed by atoms with Crippen molar-refractivity contribution in [2.45, 2.75) is 13.3 Å². The van der Waals surface area contributed by atoms with Gasteiger partial charge in [0.2, 0.25) is 5.91 Å². The first-order chi connectivity index (χ1) is 22.0. The number of anilines is 2. The quantitative estimate of drug-likeness (QED) is 0.191. The van der Waals surface area contributed by atoms with E-state index in [1.807, 2.05) is 55.5 Å². The molecule has 0 spiro atoms. The molecule has 9 nitrogen and oxygen atoms in total. The molecule has 232 valence electrons. The number of halogens is 4. The van der Waals surface area contributed by atoms with E-state index < -0.39 is 18.2 Å². The molecule has 4 aromatic carbocycles. The molecule has 0 bridgehead atoms. The first-order valence-electron chi connectivity index (χ1n) is 13.6. The molecular formula is C32H22F4N6O3S. The number of alkyl halides is 3. The molecule has 3 amide bonds. The minimum absolute atomic E-state index is 0.0858. The smallest absolute Gasteiger partial charge is 0.406 e. The largest absolute Gasteiger partial charge is 0.573 e. The first-order valence-corrected chi connectivity index (χ1v) is 14.6. The van der Waals surface area contributed by atoms with Gasteiger partial charge in [-0.15, -0.1) is 18.3 Å². The monoisotopic (exact) mass is 646 g/mol. The second kappa shape index (κ2) is 12.5. The molecule has 0 aliphatic carbocycles. The first kappa shape index (κ1) is 30.5. The fourth-order valence-corrected chi connectivity index (χ4v) is 5.53. The number of benzene rings is 4. The maximum atomic E-state index is 15.1. The Morgan fingerprint density at radius 3 is 2.46 bits per heavy atom. The van der Waals surface area contributed by atoms with Crippen LogP contribution in [0.5, 0.6) is 5.75 Å². The van der Waals surface area contributed by atoms with E-state index in [0.717, 1.165) is 46.7 Å². The molecule has 0 unspecified atom stereocenters. The molecule has 1 saturated heterocycles. The number of amides is 3. The SMILES string of the molecule is Cc1ccc(-c2ccccc2)c(N2C(=O)CSC2=NC(=O)Nc2ccc(-c3ncn(-c4ccc(OC(F)(F)F)cc4)n3)cc2F)c1. The highest BCUT2D eigenvalue weighted by Gasteiger charge is 2.33. The number of hydrogen-bond acceptors (Lipinski definition) is 6. The maximum Gasteiger partial charge on any atom is 0.573 e. The van der Waals surface area contributed by atoms with E-state index in [1.165, 1.54) is 40.2 Å². The van der Waals surface area contributed by atoms with Crippen LogP contribution >= 0.6 is 11.8 Å². The Bertz CT molecular complexity index is 1960. The number of urea groups is 1. The van der Waals surface area contributed by atoms with Crippen LogP contribution in [0.3, 0.4) is 0 Å². The number of aliphatic imine (C=N–C) groups is 1. The zero-order valence-electron chi connectivity index (χ0n) is 23.8. The second-order valence-corrected chi connectivity index (χ2v) is 10.9. The third kappa shape index (κ3) is 6.76. The number of hydrogen-bond donors (Lipinski definition) is 1. The highest BCUT2D eigenvalue weighted by molar-refractivity contribution is 8.15. The molecule has 1 aromatic heterocycles. The summed E-state index contributed by atoms with van der Waals surface area (Å²) in [5.74, 6) is -1.20. The van der Waals surface area contributed by atoms with Crippen LogP contribution in [0.15, 0.2) is 102 Å². The molecule has 1 aliphatic heterocycles. The molecule has 2 heterocycles. The number of rotatable bonds is 6. The maximum absolute atomic E-state index is 15.1. The lowest BCUT2D eigenvalue weighted by Crippen LogP contribution is -2.31. The summed E-state index contributed by atoms with van der Waals surface area (Å²) in [5, 5.41) is 6.85. The summed E-state index contributed by atoms with van der Waals surface area (Å²) in [7, 11) is 0. The molecule has 46 heavy (non-hydrogen) atoms. The van der Waals surface area contributed by atoms with Gasteiger partial charge >= 0.3 is 12.4 Å². The molecule has 1 aliphatic rings. The van der Waals surface area contributed by atoms with E-state index in [-0.39, 0.29) is 39.7 Å². The van der Waals surface area contributed by atoms with Gasteiger partial charge in [0.25, 0.3) is 0 Å². The summed E-state index contributed by atoms with van der Waals surface area (Å²) in [4.78, 5) is 35.5. The molecule has 5 aromatic rings. The summed E-state index contributed by atoms with van der Waals surface area (Å²) in [6.45, 7) is 1.90. The molecule has 0 radical (unpaired) electrons. The number of carbonyl (C=O) groups is 2. The Kier molecular flexibility index (Phi) is 8.28. The highest BCUT2D eigenvalue weighted by atomic mass is 32.2. The number of aromatic nitrogens is 3. The fourth-order valence-electron chi connectivity index (χ4n) is 4.68. The van der Waals surface area contributed by atoms with Crippen molar-refractivity contribution in [3.05, 3.63) is 109 Å². The Morgan fingerprint density at radius 2 is 1.74 bits per heavy atom. The van der Waals surface area contributed by atoms with Crippen molar-refractivity contribution in [2.24, 2.45) is 4.99 Å². The van der Waals surface area contributed by atoms with Crippen LogP contribution in [0.1, 0.15) is 5.56 Å². The minimum Gasteiger partial charge on any atom is -0.406 e. The van der Waals surface area contributed by atoms with Crippen LogP contribution in [-0.2, 0) is 4.79 Å². The van der Waals surface area contributed by atoms with Gasteiger partial charge in [0.15, 0.2) is 11.0 Å². The Labute approximate surface area is 263 Å². The van der Waals surface area contributed by atoms with Gasteiger partial charge in [-0.25, -0.2) is 18.9 Å². The molecule has 6 rings (SSSR count). The van der Waals surface area contributed by atoms with Crippen molar-refractivity contribution in [2.75, 3.05) is 16.0 Å². The van der Waals surface area contributed by atoms with Crippen molar-refractivity contribution in [3.63, 3.8) is 0 Å². The van der Waals surface area contributed by atoms with E-state index in [0.29, 0.717) is 11.4 Å². The summed E-state index contributed by atoms with van der Waals surface area (Å²) in [6, 6.07) is 23.3. The van der Waals surface area contributed by atoms with Crippen LogP contribution in [0.25, 0.3) is 28.2 Å². The van der Waals surface area contributed by atoms with Crippen LogP contribution < -0.4 is 15.0 Å². The molecule has 1 N–H and O–H groups in total. The number of amidine groups is 1. The van der Waals surface area contributed by atoms with Crippen molar-refractivity contribution in [3.8, 4) is 34.0 Å². The number of carbonyl (C=O) groups excluding carboxylic acids is 2. The van der Waals surface area contributed by atoms with Crippen LogP contribution in [-0.4, -0.2) is 44.0 Å². The number of thioether (sulfide) groups is 1. The van der Waals surface area contributed by atoms with Gasteiger partial charge in [-0.1, -0.05) is 54.2 Å². The molecule has 0 atom stereocenters. The Morgan fingerprint density at radius 1 is 0.978 bits per heavy atom. The minimum atomic E-state index is -4.81. The lowest BCUT2D eigenvalue weighted by atomic mass is 10.0. The van der Waals surface area contributed by atoms with Crippen LogP contribution in [0, 0.1) is 12.7 Å². The average Bonchev–Trinajstić information content (AvgIpc) is 3.65. The van der Waals surface area contributed by atoms with E-state index in [1.54, 1.807) is 0 Å². The summed E-state index contributed by atoms with van der Waals surface area (Å²) >= 11 is 1.11. The van der Waals surface area contributed by atoms with E-state index >= 15 is 4.39 Å². The van der Waals surface area contributed by atoms with Gasteiger partial charge in [-0.2, -0.15) is 4.99 Å². The van der Waals surface area contributed by atoms with Gasteiger partial charge in [0.1, 0.15) is 17.9 Å². The Hall–Kier alpha value is -5.50. The summed E-state index contributed by atoms with van der Waals surface area (Å²) < 4.78 is 57.6. The number of nitrogens with one attached hydrogen (secondary N) is 1. The number of ether oxygens (including phenoxy) is 1. The third-order valence-electron chi connectivity index (χ3n) is 6.74. The van der Waals surface area contributed by atoms with Gasteiger partial charge in [-0.3, -0.25) is 9.69 Å². The Balaban J connectivity index is 1.18. The average molecular weight is 647 g/mol. The lowest BCUT2D eigenvalue weighted by molar-refractivity contribution is -0.274. The number of aryl methyl sites for hydroxylation is 1. The summed E-state index contributed by atoms with van der Waals surface area (Å²) in [6.07, 6.45) is -3.49. The van der Waals surface area contributed by atoms with Crippen LogP contribution in [0.4, 0.5) is 33.7 Å². The van der Waals surface area contributed by atoms with Gasteiger partial charge < -0.3 is 10.1 Å². The fraction of sp³-hybridized carbons (Fsp3) is 0.0938. The van der Waals surface area contributed by atoms with E-state index in [4.69, 9.17) is 0 Å². The molecule has 1 fully saturated rings. The van der Waals surface area contributed by atoms with Gasteiger partial charge in [0, 0.05) is 11.1 Å². The standard InChI is InChI=1S/C32H22F4N6O3S/c1-19-7-13-24(20-5-3-2-4-6-20)27(15-19)42-28(43)17-46-31(42)39-30(44)38-26-14-8-21(16-25(26)33)29-37-18-41(40-29)22-9-11-23(12-10-22)45-32(34,35)36/h2-16,18H,17H2,1H3,(H,38,44). The number of nitrogens with zero attached hydrogens (tertiary/aromatic N) is 5. The molecular weight excluding hydrogens is 624 g/mol. The summed E-state index contributed by atoms with van der Waals surface area (Å²) in [5.41, 5.74) is 3.71. The normalized spacial score (nSPS) is 14.2. The van der Waals surface area contributed by atoms with Crippen molar-refractivity contribution >= 4 is 40.2 Å². The predicted octanol–water partition coefficient (Wildman–Crippen LogP) is 7.62. The zero-order valence-corrected chi connectivity index (χ0v) is 24.6. The van der Waals surface area contributed by atoms with Gasteiger partial charge in [0.05, 0.1) is 22.8 Å². The van der Waals surface area contributed by atoms with Crippen molar-refractivity contribution in [1.82, 2.24) is 14.8 Å². The topological polar surface area (TPSA) is 102 Å². The van der Waals surface area contributed by atoms with Gasteiger partial charge in [-0.05, 0) is 66.6 Å². The lowest BCUT2D eigenvalue weighted by Gasteiger charge is -2.20. The van der Waals surface area contributed by atoms with E-state index in [2.05, 4.69) is 25.1 Å². The van der Waals surface area contributed by atoms with Crippen LogP contribution in [0.2, 0.25) is 0 Å². The molecule has 14 heteroatoms.